The fraction of sp³-hybridized carbons (Fsp3) is 0.238. The highest BCUT2D eigenvalue weighted by atomic mass is 32.2. The molecule has 4 rings (SSSR count). The Morgan fingerprint density at radius 2 is 1.55 bits per heavy atom. The quantitative estimate of drug-likeness (QED) is 0.591. The fourth-order valence-electron chi connectivity index (χ4n) is 3.44. The molecule has 31 heavy (non-hydrogen) atoms. The molecule has 1 fully saturated rings. The molecule has 10 heteroatoms. The van der Waals surface area contributed by atoms with E-state index < -0.39 is 26.6 Å². The number of rotatable bonds is 6. The predicted molar refractivity (Wildman–Crippen MR) is 115 cm³/mol. The molecule has 0 bridgehead atoms. The SMILES string of the molecule is Cc1nc(Nc2ccc(NS(=O)(=O)c3c(F)cccc3F)cc2)cc(N2CCCC2)n1. The van der Waals surface area contributed by atoms with E-state index in [4.69, 9.17) is 0 Å². The predicted octanol–water partition coefficient (Wildman–Crippen LogP) is 4.21. The first-order valence-corrected chi connectivity index (χ1v) is 11.2. The van der Waals surface area contributed by atoms with E-state index in [9.17, 15) is 17.2 Å². The van der Waals surface area contributed by atoms with Gasteiger partial charge in [0.2, 0.25) is 0 Å². The fourth-order valence-corrected chi connectivity index (χ4v) is 4.64. The Kier molecular flexibility index (Phi) is 5.73. The van der Waals surface area contributed by atoms with Crippen LogP contribution >= 0.6 is 0 Å². The summed E-state index contributed by atoms with van der Waals surface area (Å²) in [6.45, 7) is 3.76. The first-order chi connectivity index (χ1) is 14.8. The minimum atomic E-state index is -4.41. The zero-order valence-electron chi connectivity index (χ0n) is 16.8. The van der Waals surface area contributed by atoms with Crippen molar-refractivity contribution in [3.8, 4) is 0 Å². The molecule has 2 N–H and O–H groups in total. The Morgan fingerprint density at radius 3 is 2.19 bits per heavy atom. The van der Waals surface area contributed by atoms with Crippen LogP contribution in [0, 0.1) is 18.6 Å². The summed E-state index contributed by atoms with van der Waals surface area (Å²) in [6, 6.07) is 11.0. The Balaban J connectivity index is 1.50. The summed E-state index contributed by atoms with van der Waals surface area (Å²) in [5.74, 6) is -0.180. The van der Waals surface area contributed by atoms with Gasteiger partial charge in [0.15, 0.2) is 4.90 Å². The average Bonchev–Trinajstić information content (AvgIpc) is 3.23. The molecule has 1 aliphatic rings. The summed E-state index contributed by atoms with van der Waals surface area (Å²) in [5.41, 5.74) is 0.843. The number of aromatic nitrogens is 2. The minimum absolute atomic E-state index is 0.171. The van der Waals surface area contributed by atoms with Crippen molar-refractivity contribution in [2.45, 2.75) is 24.7 Å². The molecule has 1 aliphatic heterocycles. The molecule has 1 aromatic heterocycles. The largest absolute Gasteiger partial charge is 0.356 e. The van der Waals surface area contributed by atoms with Gasteiger partial charge in [-0.25, -0.2) is 27.2 Å². The van der Waals surface area contributed by atoms with E-state index in [-0.39, 0.29) is 5.69 Å². The third kappa shape index (κ3) is 4.74. The number of sulfonamides is 1. The Labute approximate surface area is 179 Å². The van der Waals surface area contributed by atoms with Gasteiger partial charge < -0.3 is 10.2 Å². The molecule has 2 aromatic carbocycles. The lowest BCUT2D eigenvalue weighted by Crippen LogP contribution is -2.19. The zero-order valence-corrected chi connectivity index (χ0v) is 17.6. The minimum Gasteiger partial charge on any atom is -0.356 e. The topological polar surface area (TPSA) is 87.2 Å². The van der Waals surface area contributed by atoms with Crippen molar-refractivity contribution in [1.82, 2.24) is 9.97 Å². The van der Waals surface area contributed by atoms with E-state index in [2.05, 4.69) is 24.9 Å². The zero-order chi connectivity index (χ0) is 22.0. The van der Waals surface area contributed by atoms with Gasteiger partial charge >= 0.3 is 0 Å². The molecule has 0 unspecified atom stereocenters. The lowest BCUT2D eigenvalue weighted by Gasteiger charge is -2.18. The van der Waals surface area contributed by atoms with Crippen LogP contribution in [0.15, 0.2) is 53.4 Å². The van der Waals surface area contributed by atoms with Crippen molar-refractivity contribution in [1.29, 1.82) is 0 Å². The number of hydrogen-bond donors (Lipinski definition) is 2. The van der Waals surface area contributed by atoms with Gasteiger partial charge in [-0.2, -0.15) is 0 Å². The number of aryl methyl sites for hydroxylation is 1. The lowest BCUT2D eigenvalue weighted by atomic mass is 10.3. The van der Waals surface area contributed by atoms with E-state index in [1.807, 2.05) is 13.0 Å². The van der Waals surface area contributed by atoms with Gasteiger partial charge in [-0.15, -0.1) is 0 Å². The number of hydrogen-bond acceptors (Lipinski definition) is 6. The Bertz CT molecular complexity index is 1180. The second-order valence-electron chi connectivity index (χ2n) is 7.21. The maximum Gasteiger partial charge on any atom is 0.267 e. The summed E-state index contributed by atoms with van der Waals surface area (Å²) >= 11 is 0. The highest BCUT2D eigenvalue weighted by Gasteiger charge is 2.23. The molecule has 0 atom stereocenters. The average molecular weight is 445 g/mol. The highest BCUT2D eigenvalue weighted by molar-refractivity contribution is 7.92. The van der Waals surface area contributed by atoms with Gasteiger partial charge in [0.05, 0.1) is 0 Å². The standard InChI is InChI=1S/C21H21F2N5O2S/c1-14-24-19(13-20(25-14)28-11-2-3-12-28)26-15-7-9-16(10-8-15)27-31(29,30)21-17(22)5-4-6-18(21)23/h4-10,13,27H,2-3,11-12H2,1H3,(H,24,25,26). The molecule has 0 saturated carbocycles. The molecule has 1 saturated heterocycles. The lowest BCUT2D eigenvalue weighted by molar-refractivity contribution is 0.521. The van der Waals surface area contributed by atoms with E-state index in [0.29, 0.717) is 17.3 Å². The second-order valence-corrected chi connectivity index (χ2v) is 8.83. The van der Waals surface area contributed by atoms with Crippen LogP contribution in [0.5, 0.6) is 0 Å². The number of halogens is 2. The van der Waals surface area contributed by atoms with Crippen LogP contribution in [0.4, 0.5) is 31.8 Å². The molecule has 7 nitrogen and oxygen atoms in total. The van der Waals surface area contributed by atoms with Crippen LogP contribution in [0.1, 0.15) is 18.7 Å². The van der Waals surface area contributed by atoms with Gasteiger partial charge in [-0.1, -0.05) is 6.07 Å². The van der Waals surface area contributed by atoms with Crippen molar-refractivity contribution in [3.63, 3.8) is 0 Å². The Morgan fingerprint density at radius 1 is 0.935 bits per heavy atom. The van der Waals surface area contributed by atoms with Crippen molar-refractivity contribution in [2.75, 3.05) is 28.0 Å². The molecule has 3 aromatic rings. The van der Waals surface area contributed by atoms with E-state index in [1.54, 1.807) is 12.1 Å². The van der Waals surface area contributed by atoms with Gasteiger partial charge in [0.1, 0.15) is 29.1 Å². The van der Waals surface area contributed by atoms with Crippen molar-refractivity contribution < 1.29 is 17.2 Å². The van der Waals surface area contributed by atoms with Crippen LogP contribution in [0.2, 0.25) is 0 Å². The monoisotopic (exact) mass is 445 g/mol. The number of nitrogens with zero attached hydrogens (tertiary/aromatic N) is 3. The molecule has 0 radical (unpaired) electrons. The summed E-state index contributed by atoms with van der Waals surface area (Å²) in [4.78, 5) is 10.1. The van der Waals surface area contributed by atoms with E-state index >= 15 is 0 Å². The van der Waals surface area contributed by atoms with Crippen LogP contribution in [0.3, 0.4) is 0 Å². The molecule has 162 valence electrons. The van der Waals surface area contributed by atoms with Crippen molar-refractivity contribution >= 4 is 33.0 Å². The van der Waals surface area contributed by atoms with Gasteiger partial charge in [0.25, 0.3) is 10.0 Å². The third-order valence-electron chi connectivity index (χ3n) is 4.85. The summed E-state index contributed by atoms with van der Waals surface area (Å²) in [7, 11) is -4.41. The summed E-state index contributed by atoms with van der Waals surface area (Å²) < 4.78 is 54.7. The van der Waals surface area contributed by atoms with Crippen molar-refractivity contribution in [3.05, 3.63) is 66.0 Å². The van der Waals surface area contributed by atoms with Gasteiger partial charge in [-0.3, -0.25) is 4.72 Å². The van der Waals surface area contributed by atoms with Crippen LogP contribution in [-0.2, 0) is 10.0 Å². The van der Waals surface area contributed by atoms with Gasteiger partial charge in [-0.05, 0) is 56.2 Å². The first kappa shape index (κ1) is 21.0. The maximum absolute atomic E-state index is 13.8. The number of benzene rings is 2. The maximum atomic E-state index is 13.8. The number of nitrogens with one attached hydrogen (secondary N) is 2. The smallest absolute Gasteiger partial charge is 0.267 e. The summed E-state index contributed by atoms with van der Waals surface area (Å²) in [6.07, 6.45) is 2.28. The molecule has 2 heterocycles. The summed E-state index contributed by atoms with van der Waals surface area (Å²) in [5, 5.41) is 3.17. The highest BCUT2D eigenvalue weighted by Crippen LogP contribution is 2.25. The van der Waals surface area contributed by atoms with Crippen LogP contribution < -0.4 is 14.9 Å². The van der Waals surface area contributed by atoms with Crippen LogP contribution in [0.25, 0.3) is 0 Å². The molecular weight excluding hydrogens is 424 g/mol. The Hall–Kier alpha value is -3.27. The molecule has 0 aliphatic carbocycles. The second kappa shape index (κ2) is 8.46. The molecule has 0 amide bonds. The number of anilines is 4. The van der Waals surface area contributed by atoms with E-state index in [0.717, 1.165) is 49.9 Å². The van der Waals surface area contributed by atoms with Crippen molar-refractivity contribution in [2.24, 2.45) is 0 Å². The van der Waals surface area contributed by atoms with Gasteiger partial charge in [0, 0.05) is 30.5 Å². The normalized spacial score (nSPS) is 14.0. The molecular formula is C21H21F2N5O2S. The van der Waals surface area contributed by atoms with Crippen LogP contribution in [-0.4, -0.2) is 31.5 Å². The molecule has 0 spiro atoms. The van der Waals surface area contributed by atoms with E-state index in [1.165, 1.54) is 12.1 Å². The first-order valence-electron chi connectivity index (χ1n) is 9.76. The third-order valence-corrected chi connectivity index (χ3v) is 6.28.